The van der Waals surface area contributed by atoms with Crippen LogP contribution in [0.3, 0.4) is 0 Å². The highest BCUT2D eigenvalue weighted by Gasteiger charge is 2.32. The Bertz CT molecular complexity index is 767. The molecule has 0 amide bonds. The summed E-state index contributed by atoms with van der Waals surface area (Å²) in [5.74, 6) is 1.08. The normalized spacial score (nSPS) is 21.4. The molecule has 1 fully saturated rings. The summed E-state index contributed by atoms with van der Waals surface area (Å²) in [7, 11) is 0. The number of hydrogen-bond donors (Lipinski definition) is 1. The second-order valence-corrected chi connectivity index (χ2v) is 8.38. The monoisotopic (exact) mass is 355 g/mol. The predicted molar refractivity (Wildman–Crippen MR) is 102 cm³/mol. The summed E-state index contributed by atoms with van der Waals surface area (Å²) in [5, 5.41) is 3.24. The zero-order chi connectivity index (χ0) is 16.4. The van der Waals surface area contributed by atoms with Crippen LogP contribution in [0.4, 0.5) is 0 Å². The topological polar surface area (TPSA) is 42.1 Å². The second kappa shape index (κ2) is 7.15. The van der Waals surface area contributed by atoms with Gasteiger partial charge in [0.25, 0.3) is 0 Å². The van der Waals surface area contributed by atoms with Crippen molar-refractivity contribution in [1.82, 2.24) is 9.88 Å². The summed E-state index contributed by atoms with van der Waals surface area (Å²) < 4.78 is 0. The minimum absolute atomic E-state index is 0.539. The van der Waals surface area contributed by atoms with Crippen LogP contribution in [0, 0.1) is 5.92 Å². The summed E-state index contributed by atoms with van der Waals surface area (Å²) in [4.78, 5) is 9.72. The van der Waals surface area contributed by atoms with Crippen LogP contribution in [0.1, 0.15) is 16.4 Å². The SMILES string of the molecule is NC[C@@H]1CN(Cc2cnc(-c3cccs3)s2)C[C@H]1c1ccccc1. The summed E-state index contributed by atoms with van der Waals surface area (Å²) in [6.07, 6.45) is 2.03. The van der Waals surface area contributed by atoms with Gasteiger partial charge in [-0.1, -0.05) is 36.4 Å². The van der Waals surface area contributed by atoms with Gasteiger partial charge in [-0.05, 0) is 29.5 Å². The molecule has 2 aromatic heterocycles. The molecule has 0 unspecified atom stereocenters. The molecule has 1 aliphatic heterocycles. The van der Waals surface area contributed by atoms with E-state index in [-0.39, 0.29) is 0 Å². The molecule has 1 aliphatic rings. The first-order valence-corrected chi connectivity index (χ1v) is 9.99. The Morgan fingerprint density at radius 1 is 1.12 bits per heavy atom. The summed E-state index contributed by atoms with van der Waals surface area (Å²) in [6, 6.07) is 15.0. The molecule has 1 aromatic carbocycles. The number of rotatable bonds is 5. The molecule has 5 heteroatoms. The van der Waals surface area contributed by atoms with E-state index >= 15 is 0 Å². The van der Waals surface area contributed by atoms with Crippen LogP contribution < -0.4 is 5.73 Å². The smallest absolute Gasteiger partial charge is 0.133 e. The molecule has 1 saturated heterocycles. The Labute approximate surface area is 150 Å². The summed E-state index contributed by atoms with van der Waals surface area (Å²) >= 11 is 3.56. The Balaban J connectivity index is 1.46. The van der Waals surface area contributed by atoms with E-state index in [1.165, 1.54) is 15.3 Å². The molecular formula is C19H21N3S2. The molecule has 0 spiro atoms. The fourth-order valence-corrected chi connectivity index (χ4v) is 5.28. The number of thiazole rings is 1. The lowest BCUT2D eigenvalue weighted by Crippen LogP contribution is -2.22. The van der Waals surface area contributed by atoms with Crippen LogP contribution in [0.5, 0.6) is 0 Å². The van der Waals surface area contributed by atoms with E-state index in [1.807, 2.05) is 17.5 Å². The zero-order valence-electron chi connectivity index (χ0n) is 13.5. The van der Waals surface area contributed by atoms with Gasteiger partial charge in [-0.15, -0.1) is 22.7 Å². The Morgan fingerprint density at radius 2 is 2.00 bits per heavy atom. The molecule has 24 heavy (non-hydrogen) atoms. The van der Waals surface area contributed by atoms with E-state index < -0.39 is 0 Å². The number of likely N-dealkylation sites (tertiary alicyclic amines) is 1. The third-order valence-electron chi connectivity index (χ3n) is 4.71. The highest BCUT2D eigenvalue weighted by molar-refractivity contribution is 7.20. The van der Waals surface area contributed by atoms with Gasteiger partial charge in [0.2, 0.25) is 0 Å². The highest BCUT2D eigenvalue weighted by Crippen LogP contribution is 2.34. The van der Waals surface area contributed by atoms with Crippen LogP contribution in [0.2, 0.25) is 0 Å². The summed E-state index contributed by atoms with van der Waals surface area (Å²) in [5.41, 5.74) is 7.47. The van der Waals surface area contributed by atoms with E-state index in [2.05, 4.69) is 57.7 Å². The fourth-order valence-electron chi connectivity index (χ4n) is 3.52. The minimum Gasteiger partial charge on any atom is -0.330 e. The molecule has 0 saturated carbocycles. The third kappa shape index (κ3) is 3.30. The van der Waals surface area contributed by atoms with Crippen molar-refractivity contribution in [2.24, 2.45) is 11.7 Å². The Kier molecular flexibility index (Phi) is 4.76. The highest BCUT2D eigenvalue weighted by atomic mass is 32.1. The van der Waals surface area contributed by atoms with Gasteiger partial charge in [-0.25, -0.2) is 4.98 Å². The van der Waals surface area contributed by atoms with Gasteiger partial charge >= 0.3 is 0 Å². The van der Waals surface area contributed by atoms with E-state index in [0.717, 1.165) is 31.2 Å². The average Bonchev–Trinajstić information content (AvgIpc) is 3.36. The molecule has 2 N–H and O–H groups in total. The maximum absolute atomic E-state index is 6.05. The first-order valence-electron chi connectivity index (χ1n) is 8.29. The lowest BCUT2D eigenvalue weighted by atomic mass is 9.89. The number of nitrogens with two attached hydrogens (primary N) is 1. The Hall–Kier alpha value is -1.53. The van der Waals surface area contributed by atoms with Crippen LogP contribution in [0.25, 0.3) is 9.88 Å². The van der Waals surface area contributed by atoms with Gasteiger partial charge in [0, 0.05) is 36.6 Å². The van der Waals surface area contributed by atoms with Crippen molar-refractivity contribution < 1.29 is 0 Å². The second-order valence-electron chi connectivity index (χ2n) is 6.32. The first-order chi connectivity index (χ1) is 11.8. The van der Waals surface area contributed by atoms with Gasteiger partial charge < -0.3 is 5.73 Å². The number of hydrogen-bond acceptors (Lipinski definition) is 5. The van der Waals surface area contributed by atoms with E-state index in [1.54, 1.807) is 11.3 Å². The van der Waals surface area contributed by atoms with E-state index in [4.69, 9.17) is 5.73 Å². The number of benzene rings is 1. The lowest BCUT2D eigenvalue weighted by molar-refractivity contribution is 0.319. The third-order valence-corrected chi connectivity index (χ3v) is 6.73. The zero-order valence-corrected chi connectivity index (χ0v) is 15.1. The van der Waals surface area contributed by atoms with Crippen molar-refractivity contribution in [3.05, 3.63) is 64.5 Å². The standard InChI is InChI=1S/C19H21N3S2/c20-9-15-11-22(13-17(15)14-5-2-1-3-6-14)12-16-10-21-19(24-16)18-7-4-8-23-18/h1-8,10,15,17H,9,11-13,20H2/t15-,17+/m1/s1. The van der Waals surface area contributed by atoms with Gasteiger partial charge in [0.05, 0.1) is 4.88 Å². The number of thiophene rings is 1. The van der Waals surface area contributed by atoms with Gasteiger partial charge in [-0.3, -0.25) is 4.90 Å². The van der Waals surface area contributed by atoms with E-state index in [0.29, 0.717) is 11.8 Å². The molecule has 0 aliphatic carbocycles. The molecule has 2 atom stereocenters. The van der Waals surface area contributed by atoms with Gasteiger partial charge in [-0.2, -0.15) is 0 Å². The van der Waals surface area contributed by atoms with Gasteiger partial charge in [0.1, 0.15) is 5.01 Å². The molecule has 0 radical (unpaired) electrons. The molecule has 3 heterocycles. The Morgan fingerprint density at radius 3 is 2.75 bits per heavy atom. The molecule has 3 aromatic rings. The molecule has 4 rings (SSSR count). The van der Waals surface area contributed by atoms with Crippen molar-refractivity contribution in [3.8, 4) is 9.88 Å². The van der Waals surface area contributed by atoms with Crippen molar-refractivity contribution in [2.45, 2.75) is 12.5 Å². The van der Waals surface area contributed by atoms with Crippen LogP contribution in [0.15, 0.2) is 54.0 Å². The molecule has 0 bridgehead atoms. The maximum Gasteiger partial charge on any atom is 0.133 e. The van der Waals surface area contributed by atoms with Crippen LogP contribution >= 0.6 is 22.7 Å². The first kappa shape index (κ1) is 16.0. The number of nitrogens with zero attached hydrogens (tertiary/aromatic N) is 2. The van der Waals surface area contributed by atoms with Crippen molar-refractivity contribution in [1.29, 1.82) is 0 Å². The fraction of sp³-hybridized carbons (Fsp3) is 0.316. The lowest BCUT2D eigenvalue weighted by Gasteiger charge is -2.16. The maximum atomic E-state index is 6.05. The van der Waals surface area contributed by atoms with Crippen LogP contribution in [-0.2, 0) is 6.54 Å². The predicted octanol–water partition coefficient (Wildman–Crippen LogP) is 4.05. The van der Waals surface area contributed by atoms with Crippen LogP contribution in [-0.4, -0.2) is 29.5 Å². The van der Waals surface area contributed by atoms with E-state index in [9.17, 15) is 0 Å². The van der Waals surface area contributed by atoms with Crippen molar-refractivity contribution in [2.75, 3.05) is 19.6 Å². The molecule has 3 nitrogen and oxygen atoms in total. The van der Waals surface area contributed by atoms with Crippen molar-refractivity contribution >= 4 is 22.7 Å². The number of aromatic nitrogens is 1. The largest absolute Gasteiger partial charge is 0.330 e. The minimum atomic E-state index is 0.539. The average molecular weight is 356 g/mol. The van der Waals surface area contributed by atoms with Gasteiger partial charge in [0.15, 0.2) is 0 Å². The molecule has 124 valence electrons. The summed E-state index contributed by atoms with van der Waals surface area (Å²) in [6.45, 7) is 3.88. The van der Waals surface area contributed by atoms with Crippen molar-refractivity contribution in [3.63, 3.8) is 0 Å². The quantitative estimate of drug-likeness (QED) is 0.751. The molecular weight excluding hydrogens is 334 g/mol.